The number of aliphatic imine (C=N–C) groups is 1. The Kier molecular flexibility index (Phi) is 2.10. The van der Waals surface area contributed by atoms with Crippen LogP contribution in [0.25, 0.3) is 0 Å². The number of halogens is 1. The van der Waals surface area contributed by atoms with Gasteiger partial charge >= 0.3 is 0 Å². The number of ether oxygens (including phenoxy) is 1. The monoisotopic (exact) mass is 196 g/mol. The normalized spacial score (nSPS) is 15.3. The van der Waals surface area contributed by atoms with Gasteiger partial charge in [0, 0.05) is 5.56 Å². The lowest BCUT2D eigenvalue weighted by Crippen LogP contribution is -2.01. The van der Waals surface area contributed by atoms with E-state index in [1.54, 1.807) is 12.1 Å². The van der Waals surface area contributed by atoms with Gasteiger partial charge in [0.15, 0.2) is 0 Å². The van der Waals surface area contributed by atoms with E-state index in [9.17, 15) is 0 Å². The molecule has 13 heavy (non-hydrogen) atoms. The van der Waals surface area contributed by atoms with E-state index >= 15 is 0 Å². The third kappa shape index (κ3) is 1.60. The number of nitrogen functional groups attached to an aromatic ring is 1. The van der Waals surface area contributed by atoms with Crippen molar-refractivity contribution in [3.05, 3.63) is 28.8 Å². The van der Waals surface area contributed by atoms with Gasteiger partial charge in [0.1, 0.15) is 6.61 Å². The molecule has 3 nitrogen and oxygen atoms in total. The van der Waals surface area contributed by atoms with E-state index in [0.717, 1.165) is 12.1 Å². The zero-order valence-electron chi connectivity index (χ0n) is 6.96. The summed E-state index contributed by atoms with van der Waals surface area (Å²) in [6.45, 7) is 1.37. The molecule has 0 saturated carbocycles. The topological polar surface area (TPSA) is 47.6 Å². The van der Waals surface area contributed by atoms with E-state index in [-0.39, 0.29) is 0 Å². The highest BCUT2D eigenvalue weighted by Crippen LogP contribution is 2.20. The lowest BCUT2D eigenvalue weighted by molar-refractivity contribution is 0.348. The van der Waals surface area contributed by atoms with Gasteiger partial charge < -0.3 is 10.5 Å². The van der Waals surface area contributed by atoms with Crippen LogP contribution in [-0.4, -0.2) is 19.0 Å². The molecule has 2 N–H and O–H groups in total. The summed E-state index contributed by atoms with van der Waals surface area (Å²) in [5, 5.41) is 0.558. The van der Waals surface area contributed by atoms with Crippen LogP contribution in [0, 0.1) is 0 Å². The van der Waals surface area contributed by atoms with Crippen LogP contribution < -0.4 is 5.73 Å². The average molecular weight is 197 g/mol. The third-order valence-electron chi connectivity index (χ3n) is 1.83. The molecule has 0 aliphatic carbocycles. The average Bonchev–Trinajstić information content (AvgIpc) is 2.62. The first-order valence-corrected chi connectivity index (χ1v) is 4.38. The van der Waals surface area contributed by atoms with Crippen LogP contribution in [0.4, 0.5) is 5.69 Å². The van der Waals surface area contributed by atoms with Crippen molar-refractivity contribution in [1.82, 2.24) is 0 Å². The van der Waals surface area contributed by atoms with Gasteiger partial charge in [-0.2, -0.15) is 0 Å². The number of hydrogen-bond donors (Lipinski definition) is 1. The maximum atomic E-state index is 5.78. The summed E-state index contributed by atoms with van der Waals surface area (Å²) in [5.74, 6) is 0.656. The molecule has 68 valence electrons. The SMILES string of the molecule is Nc1cc(C2=NCCO2)ccc1Cl. The summed E-state index contributed by atoms with van der Waals surface area (Å²) >= 11 is 5.78. The molecule has 0 amide bonds. The number of benzene rings is 1. The smallest absolute Gasteiger partial charge is 0.216 e. The van der Waals surface area contributed by atoms with Crippen LogP contribution in [0.15, 0.2) is 23.2 Å². The van der Waals surface area contributed by atoms with Crippen LogP contribution >= 0.6 is 11.6 Å². The zero-order chi connectivity index (χ0) is 9.26. The van der Waals surface area contributed by atoms with E-state index < -0.39 is 0 Å². The quantitative estimate of drug-likeness (QED) is 0.695. The first kappa shape index (κ1) is 8.38. The Morgan fingerprint density at radius 3 is 2.92 bits per heavy atom. The molecule has 2 rings (SSSR count). The summed E-state index contributed by atoms with van der Waals surface area (Å²) in [6, 6.07) is 5.37. The van der Waals surface area contributed by atoms with E-state index in [2.05, 4.69) is 4.99 Å². The van der Waals surface area contributed by atoms with Gasteiger partial charge in [0.2, 0.25) is 5.90 Å². The fourth-order valence-corrected chi connectivity index (χ4v) is 1.30. The molecule has 0 spiro atoms. The van der Waals surface area contributed by atoms with Crippen LogP contribution in [0.2, 0.25) is 5.02 Å². The van der Waals surface area contributed by atoms with Gasteiger partial charge in [-0.05, 0) is 18.2 Å². The molecule has 0 atom stereocenters. The Bertz CT molecular complexity index is 363. The maximum Gasteiger partial charge on any atom is 0.216 e. The Labute approximate surface area is 81.2 Å². The summed E-state index contributed by atoms with van der Waals surface area (Å²) in [4.78, 5) is 4.17. The van der Waals surface area contributed by atoms with Crippen molar-refractivity contribution < 1.29 is 4.74 Å². The molecule has 1 heterocycles. The second-order valence-electron chi connectivity index (χ2n) is 2.77. The third-order valence-corrected chi connectivity index (χ3v) is 2.17. The minimum absolute atomic E-state index is 0.553. The van der Waals surface area contributed by atoms with Gasteiger partial charge in [-0.25, -0.2) is 4.99 Å². The Morgan fingerprint density at radius 1 is 1.46 bits per heavy atom. The van der Waals surface area contributed by atoms with Crippen LogP contribution in [0.5, 0.6) is 0 Å². The first-order chi connectivity index (χ1) is 6.27. The Balaban J connectivity index is 2.36. The second-order valence-corrected chi connectivity index (χ2v) is 3.18. The molecule has 0 bridgehead atoms. The summed E-state index contributed by atoms with van der Waals surface area (Å²) in [5.41, 5.74) is 7.09. The molecule has 0 fully saturated rings. The molecule has 1 aromatic rings. The molecule has 0 unspecified atom stereocenters. The molecule has 0 aromatic heterocycles. The molecular weight excluding hydrogens is 188 g/mol. The van der Waals surface area contributed by atoms with Gasteiger partial charge in [0.25, 0.3) is 0 Å². The molecule has 0 radical (unpaired) electrons. The minimum atomic E-state index is 0.553. The van der Waals surface area contributed by atoms with E-state index in [1.807, 2.05) is 6.07 Å². The fourth-order valence-electron chi connectivity index (χ4n) is 1.19. The van der Waals surface area contributed by atoms with Gasteiger partial charge in [0.05, 0.1) is 17.3 Å². The lowest BCUT2D eigenvalue weighted by atomic mass is 10.2. The van der Waals surface area contributed by atoms with Crippen molar-refractivity contribution in [2.24, 2.45) is 4.99 Å². The number of anilines is 1. The number of nitrogens with two attached hydrogens (primary N) is 1. The van der Waals surface area contributed by atoms with Crippen molar-refractivity contribution in [3.63, 3.8) is 0 Å². The minimum Gasteiger partial charge on any atom is -0.476 e. The molecular formula is C9H9ClN2O. The van der Waals surface area contributed by atoms with E-state index in [0.29, 0.717) is 23.2 Å². The Morgan fingerprint density at radius 2 is 2.31 bits per heavy atom. The summed E-state index contributed by atoms with van der Waals surface area (Å²) < 4.78 is 5.29. The number of hydrogen-bond acceptors (Lipinski definition) is 3. The van der Waals surface area contributed by atoms with Gasteiger partial charge in [-0.1, -0.05) is 11.6 Å². The van der Waals surface area contributed by atoms with E-state index in [1.165, 1.54) is 0 Å². The van der Waals surface area contributed by atoms with Crippen molar-refractivity contribution in [1.29, 1.82) is 0 Å². The largest absolute Gasteiger partial charge is 0.476 e. The molecule has 0 saturated heterocycles. The van der Waals surface area contributed by atoms with Crippen molar-refractivity contribution in [2.45, 2.75) is 0 Å². The second kappa shape index (κ2) is 3.26. The van der Waals surface area contributed by atoms with Crippen molar-refractivity contribution in [2.75, 3.05) is 18.9 Å². The summed E-state index contributed by atoms with van der Waals surface area (Å²) in [6.07, 6.45) is 0. The highest BCUT2D eigenvalue weighted by molar-refractivity contribution is 6.33. The Hall–Kier alpha value is -1.22. The predicted molar refractivity (Wildman–Crippen MR) is 53.2 cm³/mol. The highest BCUT2D eigenvalue weighted by atomic mass is 35.5. The van der Waals surface area contributed by atoms with Crippen molar-refractivity contribution >= 4 is 23.2 Å². The molecule has 1 aliphatic heterocycles. The molecule has 1 aromatic carbocycles. The molecule has 4 heteroatoms. The standard InChI is InChI=1S/C9H9ClN2O/c10-7-2-1-6(5-8(7)11)9-12-3-4-13-9/h1-2,5H,3-4,11H2. The van der Waals surface area contributed by atoms with Gasteiger partial charge in [-0.15, -0.1) is 0 Å². The van der Waals surface area contributed by atoms with E-state index in [4.69, 9.17) is 22.1 Å². The highest BCUT2D eigenvalue weighted by Gasteiger charge is 2.10. The number of rotatable bonds is 1. The van der Waals surface area contributed by atoms with Gasteiger partial charge in [-0.3, -0.25) is 0 Å². The lowest BCUT2D eigenvalue weighted by Gasteiger charge is -2.03. The number of nitrogens with zero attached hydrogens (tertiary/aromatic N) is 1. The predicted octanol–water partition coefficient (Wildman–Crippen LogP) is 1.70. The fraction of sp³-hybridized carbons (Fsp3) is 0.222. The maximum absolute atomic E-state index is 5.78. The zero-order valence-corrected chi connectivity index (χ0v) is 7.71. The van der Waals surface area contributed by atoms with Crippen LogP contribution in [-0.2, 0) is 4.74 Å². The van der Waals surface area contributed by atoms with Crippen molar-refractivity contribution in [3.8, 4) is 0 Å². The van der Waals surface area contributed by atoms with Crippen LogP contribution in [0.1, 0.15) is 5.56 Å². The first-order valence-electron chi connectivity index (χ1n) is 4.00. The molecule has 1 aliphatic rings. The van der Waals surface area contributed by atoms with Crippen LogP contribution in [0.3, 0.4) is 0 Å². The summed E-state index contributed by atoms with van der Waals surface area (Å²) in [7, 11) is 0.